The highest BCUT2D eigenvalue weighted by atomic mass is 79.9. The van der Waals surface area contributed by atoms with Crippen LogP contribution in [0.5, 0.6) is 0 Å². The van der Waals surface area contributed by atoms with E-state index in [0.29, 0.717) is 0 Å². The lowest BCUT2D eigenvalue weighted by molar-refractivity contribution is 0.0490. The van der Waals surface area contributed by atoms with Crippen LogP contribution in [0.25, 0.3) is 0 Å². The third-order valence-electron chi connectivity index (χ3n) is 3.55. The predicted octanol–water partition coefficient (Wildman–Crippen LogP) is 4.41. The molecule has 1 N–H and O–H groups in total. The Labute approximate surface area is 149 Å². The Bertz CT molecular complexity index is 578. The van der Waals surface area contributed by atoms with Gasteiger partial charge < -0.3 is 10.1 Å². The van der Waals surface area contributed by atoms with Gasteiger partial charge in [-0.15, -0.1) is 0 Å². The van der Waals surface area contributed by atoms with Gasteiger partial charge in [-0.2, -0.15) is 0 Å². The maximum Gasteiger partial charge on any atom is 0.407 e. The molecule has 0 radical (unpaired) electrons. The molecule has 0 saturated carbocycles. The average molecular weight is 401 g/mol. The summed E-state index contributed by atoms with van der Waals surface area (Å²) in [6, 6.07) is 8.49. The highest BCUT2D eigenvalue weighted by Gasteiger charge is 2.24. The minimum atomic E-state index is -0.453. The number of rotatable bonds is 3. The van der Waals surface area contributed by atoms with Crippen LogP contribution in [0.3, 0.4) is 0 Å². The minimum Gasteiger partial charge on any atom is -0.444 e. The van der Waals surface area contributed by atoms with Crippen molar-refractivity contribution in [3.05, 3.63) is 28.7 Å². The standard InChI is InChI=1S/C17H25BrN2O2S/c1-17(2,3)22-16(21)19-14-8-10-20(11-9-14)23(4)15-7-5-6-13(18)12-15/h5-7,12,14H,4,8-11H2,1-3H3,(H,19,21). The first kappa shape index (κ1) is 18.5. The number of hydrogen-bond donors (Lipinski definition) is 1. The second-order valence-electron chi connectivity index (χ2n) is 6.67. The number of nitrogens with zero attached hydrogens (tertiary/aromatic N) is 1. The van der Waals surface area contributed by atoms with Crippen molar-refractivity contribution in [2.75, 3.05) is 13.1 Å². The van der Waals surface area contributed by atoms with Crippen molar-refractivity contribution in [2.45, 2.75) is 50.2 Å². The second kappa shape index (κ2) is 7.81. The first-order chi connectivity index (χ1) is 10.7. The van der Waals surface area contributed by atoms with Gasteiger partial charge in [0.1, 0.15) is 5.60 Å². The molecule has 0 spiro atoms. The van der Waals surface area contributed by atoms with Gasteiger partial charge in [-0.1, -0.05) is 38.5 Å². The molecule has 1 aliphatic heterocycles. The van der Waals surface area contributed by atoms with Crippen LogP contribution < -0.4 is 5.32 Å². The molecule has 1 aromatic rings. The van der Waals surface area contributed by atoms with E-state index in [1.807, 2.05) is 32.9 Å². The fraction of sp³-hybridized carbons (Fsp3) is 0.529. The van der Waals surface area contributed by atoms with Gasteiger partial charge in [0.2, 0.25) is 0 Å². The smallest absolute Gasteiger partial charge is 0.407 e. The second-order valence-corrected chi connectivity index (χ2v) is 9.30. The number of nitrogens with one attached hydrogen (secondary N) is 1. The van der Waals surface area contributed by atoms with Gasteiger partial charge in [-0.05, 0) is 51.8 Å². The van der Waals surface area contributed by atoms with Crippen molar-refractivity contribution in [1.29, 1.82) is 0 Å². The van der Waals surface area contributed by atoms with E-state index in [1.54, 1.807) is 0 Å². The van der Waals surface area contributed by atoms with Crippen molar-refractivity contribution in [2.24, 2.45) is 0 Å². The zero-order valence-electron chi connectivity index (χ0n) is 14.0. The molecule has 2 rings (SSSR count). The highest BCUT2D eigenvalue weighted by molar-refractivity contribution is 9.10. The molecule has 1 saturated heterocycles. The molecule has 0 aliphatic carbocycles. The molecule has 1 fully saturated rings. The Hall–Kier alpha value is -0.850. The summed E-state index contributed by atoms with van der Waals surface area (Å²) in [4.78, 5) is 13.1. The predicted molar refractivity (Wildman–Crippen MR) is 101 cm³/mol. The van der Waals surface area contributed by atoms with Crippen LogP contribution in [-0.2, 0) is 4.74 Å². The molecule has 1 unspecified atom stereocenters. The number of amides is 1. The van der Waals surface area contributed by atoms with Crippen LogP contribution in [0.1, 0.15) is 33.6 Å². The third kappa shape index (κ3) is 5.94. The summed E-state index contributed by atoms with van der Waals surface area (Å²) in [7, 11) is -0.164. The number of piperidine rings is 1. The zero-order chi connectivity index (χ0) is 17.0. The monoisotopic (exact) mass is 400 g/mol. The summed E-state index contributed by atoms with van der Waals surface area (Å²) in [6.45, 7) is 7.49. The molecule has 128 valence electrons. The van der Waals surface area contributed by atoms with Crippen molar-refractivity contribution in [1.82, 2.24) is 9.62 Å². The summed E-state index contributed by atoms with van der Waals surface area (Å²) in [5.74, 6) is 4.33. The lowest BCUT2D eigenvalue weighted by Crippen LogP contribution is -2.44. The van der Waals surface area contributed by atoms with E-state index in [1.165, 1.54) is 4.90 Å². The minimum absolute atomic E-state index is 0.164. The Balaban J connectivity index is 1.84. The van der Waals surface area contributed by atoms with Crippen molar-refractivity contribution < 1.29 is 9.53 Å². The van der Waals surface area contributed by atoms with E-state index in [-0.39, 0.29) is 22.8 Å². The fourth-order valence-electron chi connectivity index (χ4n) is 2.46. The molecule has 0 bridgehead atoms. The van der Waals surface area contributed by atoms with Crippen LogP contribution in [0.2, 0.25) is 0 Å². The van der Waals surface area contributed by atoms with Crippen molar-refractivity contribution >= 4 is 38.6 Å². The first-order valence-corrected chi connectivity index (χ1v) is 9.93. The van der Waals surface area contributed by atoms with Crippen LogP contribution in [0.4, 0.5) is 4.79 Å². The summed E-state index contributed by atoms with van der Waals surface area (Å²) in [6.07, 6.45) is 1.52. The molecular formula is C17H25BrN2O2S. The Morgan fingerprint density at radius 2 is 2.04 bits per heavy atom. The number of benzene rings is 1. The molecule has 1 aromatic carbocycles. The van der Waals surface area contributed by atoms with Gasteiger partial charge in [-0.3, -0.25) is 4.31 Å². The quantitative estimate of drug-likeness (QED) is 0.763. The largest absolute Gasteiger partial charge is 0.444 e. The third-order valence-corrected chi connectivity index (χ3v) is 5.83. The van der Waals surface area contributed by atoms with Crippen LogP contribution >= 0.6 is 26.6 Å². The number of alkyl carbamates (subject to hydrolysis) is 1. The first-order valence-electron chi connectivity index (χ1n) is 7.79. The normalized spacial score (nSPS) is 18.4. The van der Waals surface area contributed by atoms with E-state index in [4.69, 9.17) is 4.74 Å². The number of carbonyl (C=O) groups is 1. The Kier molecular flexibility index (Phi) is 6.28. The fourth-order valence-corrected chi connectivity index (χ4v) is 4.46. The number of ether oxygens (including phenoxy) is 1. The van der Waals surface area contributed by atoms with Crippen LogP contribution in [-0.4, -0.2) is 41.0 Å². The van der Waals surface area contributed by atoms with E-state index >= 15 is 0 Å². The van der Waals surface area contributed by atoms with Gasteiger partial charge >= 0.3 is 6.09 Å². The topological polar surface area (TPSA) is 41.6 Å². The molecule has 0 aromatic heterocycles. The maximum absolute atomic E-state index is 11.8. The van der Waals surface area contributed by atoms with E-state index < -0.39 is 5.60 Å². The zero-order valence-corrected chi connectivity index (χ0v) is 16.4. The van der Waals surface area contributed by atoms with E-state index in [0.717, 1.165) is 30.4 Å². The summed E-state index contributed by atoms with van der Waals surface area (Å²) >= 11 is 3.51. The summed E-state index contributed by atoms with van der Waals surface area (Å²) < 4.78 is 8.78. The summed E-state index contributed by atoms with van der Waals surface area (Å²) in [5, 5.41) is 2.97. The number of carbonyl (C=O) groups excluding carboxylic acids is 1. The molecule has 1 atom stereocenters. The number of halogens is 1. The summed E-state index contributed by atoms with van der Waals surface area (Å²) in [5.41, 5.74) is -0.453. The van der Waals surface area contributed by atoms with Gasteiger partial charge in [0.25, 0.3) is 0 Å². The molecule has 23 heavy (non-hydrogen) atoms. The molecule has 1 aliphatic rings. The Morgan fingerprint density at radius 1 is 1.39 bits per heavy atom. The molecule has 1 heterocycles. The average Bonchev–Trinajstić information content (AvgIpc) is 2.45. The molecule has 6 heteroatoms. The SMILES string of the molecule is C=S(c1cccc(Br)c1)N1CCC(NC(=O)OC(C)(C)C)CC1. The van der Waals surface area contributed by atoms with Gasteiger partial charge in [0.05, 0.1) is 0 Å². The van der Waals surface area contributed by atoms with Crippen LogP contribution in [0, 0.1) is 0 Å². The van der Waals surface area contributed by atoms with Crippen molar-refractivity contribution in [3.63, 3.8) is 0 Å². The van der Waals surface area contributed by atoms with Crippen molar-refractivity contribution in [3.8, 4) is 0 Å². The van der Waals surface area contributed by atoms with E-state index in [9.17, 15) is 4.79 Å². The van der Waals surface area contributed by atoms with Crippen LogP contribution in [0.15, 0.2) is 33.6 Å². The lowest BCUT2D eigenvalue weighted by Gasteiger charge is -2.34. The molecule has 1 amide bonds. The highest BCUT2D eigenvalue weighted by Crippen LogP contribution is 2.33. The lowest BCUT2D eigenvalue weighted by atomic mass is 10.1. The Morgan fingerprint density at radius 3 is 2.61 bits per heavy atom. The van der Waals surface area contributed by atoms with E-state index in [2.05, 4.69) is 43.6 Å². The molecule has 4 nitrogen and oxygen atoms in total. The maximum atomic E-state index is 11.8. The van der Waals surface area contributed by atoms with Gasteiger partial charge in [-0.25, -0.2) is 4.79 Å². The van der Waals surface area contributed by atoms with Gasteiger partial charge in [0.15, 0.2) is 0 Å². The molecular weight excluding hydrogens is 376 g/mol. The van der Waals surface area contributed by atoms with Gasteiger partial charge in [0, 0.05) is 28.5 Å². The number of hydrogen-bond acceptors (Lipinski definition) is 3.